The fourth-order valence-electron chi connectivity index (χ4n) is 5.51. The lowest BCUT2D eigenvalue weighted by Gasteiger charge is -2.40. The molecule has 0 radical (unpaired) electrons. The van der Waals surface area contributed by atoms with Gasteiger partial charge in [-0.05, 0) is 55.2 Å². The van der Waals surface area contributed by atoms with E-state index in [1.165, 1.54) is 38.4 Å². The summed E-state index contributed by atoms with van der Waals surface area (Å²) in [5.41, 5.74) is 5.40. The van der Waals surface area contributed by atoms with Gasteiger partial charge in [0.2, 0.25) is 0 Å². The van der Waals surface area contributed by atoms with Gasteiger partial charge in [-0.1, -0.05) is 98.0 Å². The topological polar surface area (TPSA) is 11.4 Å². The molecule has 0 aliphatic carbocycles. The Kier molecular flexibility index (Phi) is 7.46. The Morgan fingerprint density at radius 3 is 1.97 bits per heavy atom. The second-order valence-corrected chi connectivity index (χ2v) is 12.3. The highest BCUT2D eigenvalue weighted by atomic mass is 32.1. The summed E-state index contributed by atoms with van der Waals surface area (Å²) in [5.74, 6) is 1.35. The minimum Gasteiger partial charge on any atom is -0.328 e. The number of aryl methyl sites for hydroxylation is 1. The van der Waals surface area contributed by atoms with Crippen LogP contribution >= 0.6 is 20.4 Å². The zero-order valence-corrected chi connectivity index (χ0v) is 23.5. The minimum atomic E-state index is -0.627. The smallest absolute Gasteiger partial charge is 0.139 e. The third kappa shape index (κ3) is 4.46. The molecule has 3 nitrogen and oxygen atoms in total. The number of thiocarbonyl (C=S) groups is 1. The molecule has 1 unspecified atom stereocenters. The lowest BCUT2D eigenvalue weighted by atomic mass is 10.1. The number of rotatable bonds is 9. The maximum atomic E-state index is 5.62. The Balaban J connectivity index is 1.67. The Bertz CT molecular complexity index is 1330. The van der Waals surface area contributed by atoms with E-state index in [1.807, 2.05) is 0 Å². The molecule has 186 valence electrons. The lowest BCUT2D eigenvalue weighted by Crippen LogP contribution is -2.28. The van der Waals surface area contributed by atoms with Gasteiger partial charge in [0, 0.05) is 18.6 Å². The van der Waals surface area contributed by atoms with Crippen molar-refractivity contribution in [1.29, 1.82) is 0 Å². The molecule has 3 aromatic carbocycles. The summed E-state index contributed by atoms with van der Waals surface area (Å²) in [6, 6.07) is 31.4. The van der Waals surface area contributed by atoms with Gasteiger partial charge < -0.3 is 13.9 Å². The summed E-state index contributed by atoms with van der Waals surface area (Å²) in [6.07, 6.45) is 4.28. The highest BCUT2D eigenvalue weighted by Gasteiger charge is 2.44. The minimum absolute atomic E-state index is 0.269. The van der Waals surface area contributed by atoms with E-state index in [2.05, 4.69) is 127 Å². The highest BCUT2D eigenvalue weighted by molar-refractivity contribution is 7.80. The number of anilines is 2. The second-order valence-electron chi connectivity index (χ2n) is 9.70. The van der Waals surface area contributed by atoms with Crippen molar-refractivity contribution in [3.63, 3.8) is 0 Å². The maximum absolute atomic E-state index is 5.62. The van der Waals surface area contributed by atoms with Crippen LogP contribution in [-0.2, 0) is 7.05 Å². The van der Waals surface area contributed by atoms with Crippen molar-refractivity contribution in [3.8, 4) is 0 Å². The summed E-state index contributed by atoms with van der Waals surface area (Å²) >= 11 is 5.62. The lowest BCUT2D eigenvalue weighted by molar-refractivity contribution is 0.777. The molecule has 5 rings (SSSR count). The van der Waals surface area contributed by atoms with Crippen molar-refractivity contribution in [3.05, 3.63) is 96.1 Å². The van der Waals surface area contributed by atoms with E-state index in [4.69, 9.17) is 12.2 Å². The van der Waals surface area contributed by atoms with Gasteiger partial charge in [0.1, 0.15) is 5.82 Å². The van der Waals surface area contributed by atoms with Gasteiger partial charge in [-0.2, -0.15) is 0 Å². The number of para-hydroxylation sites is 1. The molecule has 0 saturated carbocycles. The Labute approximate surface area is 222 Å². The number of fused-ring (bicyclic) bond motifs is 3. The van der Waals surface area contributed by atoms with Crippen molar-refractivity contribution in [2.45, 2.75) is 52.1 Å². The van der Waals surface area contributed by atoms with E-state index >= 15 is 0 Å². The first-order valence-electron chi connectivity index (χ1n) is 13.1. The Morgan fingerprint density at radius 2 is 1.36 bits per heavy atom. The van der Waals surface area contributed by atoms with E-state index in [1.54, 1.807) is 0 Å². The first-order valence-corrected chi connectivity index (χ1v) is 14.9. The molecule has 0 bridgehead atoms. The van der Waals surface area contributed by atoms with Crippen molar-refractivity contribution in [2.24, 2.45) is 7.05 Å². The zero-order valence-electron chi connectivity index (χ0n) is 21.8. The molecular formula is C31H36N3PS. The fraction of sp³-hybridized carbons (Fsp3) is 0.323. The normalized spacial score (nSPS) is 16.8. The summed E-state index contributed by atoms with van der Waals surface area (Å²) in [7, 11) is 1.61. The van der Waals surface area contributed by atoms with Crippen LogP contribution in [-0.4, -0.2) is 15.6 Å². The van der Waals surface area contributed by atoms with Crippen LogP contribution in [0.1, 0.15) is 63.2 Å². The van der Waals surface area contributed by atoms with Crippen LogP contribution in [0.4, 0.5) is 11.5 Å². The second kappa shape index (κ2) is 10.7. The molecule has 1 aromatic heterocycles. The molecular weight excluding hydrogens is 477 g/mol. The van der Waals surface area contributed by atoms with Crippen LogP contribution in [0.3, 0.4) is 0 Å². The SMILES string of the molecule is CCC(=S)CCCP1N([C@@H](C)c2ccccc2)c2c(n(C)c3ccccc23)N1[C@@H](C)c1ccccc1. The molecule has 2 heterocycles. The third-order valence-electron chi connectivity index (χ3n) is 7.50. The monoisotopic (exact) mass is 513 g/mol. The molecule has 0 spiro atoms. The average molecular weight is 514 g/mol. The number of benzene rings is 3. The molecule has 0 N–H and O–H groups in total. The average Bonchev–Trinajstić information content (AvgIpc) is 3.41. The number of hydrogen-bond acceptors (Lipinski definition) is 3. The van der Waals surface area contributed by atoms with Gasteiger partial charge in [0.05, 0.1) is 31.5 Å². The maximum Gasteiger partial charge on any atom is 0.139 e. The van der Waals surface area contributed by atoms with Gasteiger partial charge in [-0.3, -0.25) is 0 Å². The van der Waals surface area contributed by atoms with Gasteiger partial charge in [-0.25, -0.2) is 0 Å². The number of aromatic nitrogens is 1. The number of nitrogens with zero attached hydrogens (tertiary/aromatic N) is 3. The van der Waals surface area contributed by atoms with E-state index in [9.17, 15) is 0 Å². The van der Waals surface area contributed by atoms with Gasteiger partial charge in [0.25, 0.3) is 0 Å². The fourth-order valence-corrected chi connectivity index (χ4v) is 8.67. The van der Waals surface area contributed by atoms with E-state index in [0.717, 1.165) is 25.4 Å². The largest absolute Gasteiger partial charge is 0.328 e. The van der Waals surface area contributed by atoms with E-state index in [0.29, 0.717) is 0 Å². The predicted molar refractivity (Wildman–Crippen MR) is 162 cm³/mol. The zero-order chi connectivity index (χ0) is 25.2. The predicted octanol–water partition coefficient (Wildman–Crippen LogP) is 9.20. The molecule has 1 aliphatic heterocycles. The van der Waals surface area contributed by atoms with Crippen molar-refractivity contribution >= 4 is 47.7 Å². The van der Waals surface area contributed by atoms with Crippen LogP contribution < -0.4 is 9.34 Å². The highest BCUT2D eigenvalue weighted by Crippen LogP contribution is 2.67. The number of hydrogen-bond donors (Lipinski definition) is 0. The first kappa shape index (κ1) is 25.0. The van der Waals surface area contributed by atoms with Crippen LogP contribution in [0.5, 0.6) is 0 Å². The summed E-state index contributed by atoms with van der Waals surface area (Å²) < 4.78 is 7.93. The molecule has 4 aromatic rings. The standard InChI is InChI=1S/C31H36N3PS/c1-5-27(36)19-14-22-35-33(23(2)25-15-8-6-9-16-25)30-28-20-12-13-21-29(28)32(4)31(30)34(35)24(3)26-17-10-7-11-18-26/h6-13,15-18,20-21,23-24H,5,14,19,22H2,1-4H3/t23-,24-,35?/m0/s1. The molecule has 0 amide bonds. The molecule has 5 heteroatoms. The van der Waals surface area contributed by atoms with Crippen molar-refractivity contribution in [2.75, 3.05) is 15.5 Å². The van der Waals surface area contributed by atoms with Crippen LogP contribution in [0, 0.1) is 0 Å². The molecule has 1 aliphatic rings. The van der Waals surface area contributed by atoms with Gasteiger partial charge >= 0.3 is 0 Å². The molecule has 0 fully saturated rings. The summed E-state index contributed by atoms with van der Waals surface area (Å²) in [6.45, 7) is 6.93. The Hall–Kier alpha value is -2.68. The summed E-state index contributed by atoms with van der Waals surface area (Å²) in [5, 5.41) is 1.34. The molecule has 0 saturated heterocycles. The van der Waals surface area contributed by atoms with E-state index < -0.39 is 8.22 Å². The molecule has 36 heavy (non-hydrogen) atoms. The quantitative estimate of drug-likeness (QED) is 0.163. The van der Waals surface area contributed by atoms with E-state index in [-0.39, 0.29) is 12.1 Å². The summed E-state index contributed by atoms with van der Waals surface area (Å²) in [4.78, 5) is 1.19. The Morgan fingerprint density at radius 1 is 0.806 bits per heavy atom. The first-order chi connectivity index (χ1) is 17.5. The van der Waals surface area contributed by atoms with Gasteiger partial charge in [-0.15, -0.1) is 0 Å². The van der Waals surface area contributed by atoms with Crippen LogP contribution in [0.15, 0.2) is 84.9 Å². The van der Waals surface area contributed by atoms with Crippen LogP contribution in [0.25, 0.3) is 10.9 Å². The third-order valence-corrected chi connectivity index (χ3v) is 10.8. The van der Waals surface area contributed by atoms with Crippen LogP contribution in [0.2, 0.25) is 0 Å². The van der Waals surface area contributed by atoms with Gasteiger partial charge in [0.15, 0.2) is 0 Å². The van der Waals surface area contributed by atoms with Crippen molar-refractivity contribution < 1.29 is 0 Å². The molecule has 3 atom stereocenters. The van der Waals surface area contributed by atoms with Crippen molar-refractivity contribution in [1.82, 2.24) is 4.57 Å².